The van der Waals surface area contributed by atoms with E-state index in [1.165, 1.54) is 68.1 Å². The van der Waals surface area contributed by atoms with Crippen molar-refractivity contribution in [3.8, 4) is 0 Å². The Labute approximate surface area is 476 Å². The number of hydrogen-bond acceptors (Lipinski definition) is 10. The zero-order chi connectivity index (χ0) is 52.2. The van der Waals surface area contributed by atoms with Gasteiger partial charge in [0.15, 0.2) is 0 Å². The van der Waals surface area contributed by atoms with Crippen LogP contribution in [-0.4, -0.2) is 45.9 Å². The first-order chi connectivity index (χ1) is 35.8. The molecule has 0 saturated carbocycles. The molecule has 0 amide bonds. The van der Waals surface area contributed by atoms with E-state index in [0.29, 0.717) is 0 Å². The van der Waals surface area contributed by atoms with E-state index in [9.17, 15) is 25.9 Å². The van der Waals surface area contributed by atoms with E-state index in [2.05, 4.69) is 141 Å². The molecule has 10 aromatic rings. The van der Waals surface area contributed by atoms with E-state index in [0.717, 1.165) is 33.4 Å². The number of pyridine rings is 4. The molecular weight excluding hydrogens is 1180 g/mol. The van der Waals surface area contributed by atoms with Gasteiger partial charge in [-0.15, -0.1) is 0 Å². The molecule has 0 aliphatic rings. The summed E-state index contributed by atoms with van der Waals surface area (Å²) < 4.78 is 62.3. The molecule has 0 radical (unpaired) electrons. The van der Waals surface area contributed by atoms with Crippen LogP contribution in [-0.2, 0) is 65.0 Å². The van der Waals surface area contributed by atoms with E-state index in [-0.39, 0.29) is 54.6 Å². The van der Waals surface area contributed by atoms with Crippen LogP contribution in [0, 0.1) is 13.8 Å². The Balaban J connectivity index is 0.000000200. The van der Waals surface area contributed by atoms with Crippen LogP contribution in [0.25, 0.3) is 70.2 Å². The number of nitrogens with zero attached hydrogens (tertiary/aromatic N) is 4. The number of aryl methyl sites for hydroxylation is 2. The minimum Gasteiger partial charge on any atom is -0.744 e. The van der Waals surface area contributed by atoms with Gasteiger partial charge < -0.3 is 9.11 Å². The van der Waals surface area contributed by atoms with Gasteiger partial charge in [0.2, 0.25) is 0 Å². The van der Waals surface area contributed by atoms with E-state index in [1.54, 1.807) is 24.3 Å². The molecule has 6 aromatic carbocycles. The molecule has 4 heterocycles. The molecule has 0 bridgehead atoms. The normalized spacial score (nSPS) is 11.2. The third-order valence-electron chi connectivity index (χ3n) is 11.2. The molecule has 4 aromatic heterocycles. The van der Waals surface area contributed by atoms with E-state index in [1.807, 2.05) is 112 Å². The summed E-state index contributed by atoms with van der Waals surface area (Å²) in [6.45, 7) is 3.64. The van der Waals surface area contributed by atoms with Crippen molar-refractivity contribution in [3.63, 3.8) is 0 Å². The number of benzene rings is 6. The molecule has 0 spiro atoms. The molecule has 10 nitrogen and oxygen atoms in total. The van der Waals surface area contributed by atoms with Gasteiger partial charge in [-0.25, -0.2) is 16.8 Å². The summed E-state index contributed by atoms with van der Waals surface area (Å²) in [4.78, 5) is 15.9. The van der Waals surface area contributed by atoms with Crippen molar-refractivity contribution < 1.29 is 70.7 Å². The van der Waals surface area contributed by atoms with Crippen molar-refractivity contribution >= 4 is 90.4 Å². The molecule has 0 unspecified atom stereocenters. The molecule has 0 fully saturated rings. The van der Waals surface area contributed by atoms with Crippen molar-refractivity contribution in [2.24, 2.45) is 0 Å². The van der Waals surface area contributed by atoms with E-state index >= 15 is 0 Å². The van der Waals surface area contributed by atoms with Gasteiger partial charge in [-0.1, -0.05) is 157 Å². The fourth-order valence-corrected chi connectivity index (χ4v) is 8.35. The summed E-state index contributed by atoms with van der Waals surface area (Å²) in [6, 6.07) is 53.3. The monoisotopic (exact) mass is 1220 g/mol. The number of aromatic nitrogens is 4. The largest absolute Gasteiger partial charge is 1.00 e. The van der Waals surface area contributed by atoms with Crippen molar-refractivity contribution in [1.29, 1.82) is 0 Å². The summed E-state index contributed by atoms with van der Waals surface area (Å²) in [6.07, 6.45) is 31.7. The molecule has 0 aliphatic heterocycles. The number of hydrogen-bond donors (Lipinski definition) is 0. The first kappa shape index (κ1) is 59.6. The third-order valence-corrected chi connectivity index (χ3v) is 12.9. The topological polar surface area (TPSA) is 166 Å². The number of rotatable bonds is 10. The summed E-state index contributed by atoms with van der Waals surface area (Å²) >= 11 is 0. The van der Waals surface area contributed by atoms with Crippen molar-refractivity contribution in [2.75, 3.05) is 0 Å². The van der Waals surface area contributed by atoms with Crippen LogP contribution in [0.3, 0.4) is 0 Å². The van der Waals surface area contributed by atoms with Crippen LogP contribution >= 0.6 is 0 Å². The average molecular weight is 1230 g/mol. The molecular formula is C62H50Ag2N4O6S2. The Morgan fingerprint density at radius 1 is 0.316 bits per heavy atom. The van der Waals surface area contributed by atoms with Gasteiger partial charge in [0.05, 0.1) is 9.79 Å². The van der Waals surface area contributed by atoms with Gasteiger partial charge in [0.25, 0.3) is 0 Å². The fraction of sp³-hybridized carbons (Fsp3) is 0.0323. The zero-order valence-corrected chi connectivity index (χ0v) is 45.7. The average Bonchev–Trinajstić information content (AvgIpc) is 3.42. The summed E-state index contributed by atoms with van der Waals surface area (Å²) in [5, 5.41) is 4.98. The molecule has 0 saturated heterocycles. The first-order valence-corrected chi connectivity index (χ1v) is 26.0. The van der Waals surface area contributed by atoms with Crippen LogP contribution in [0.2, 0.25) is 0 Å². The minimum atomic E-state index is -4.27. The van der Waals surface area contributed by atoms with Crippen LogP contribution in [0.1, 0.15) is 55.6 Å². The second-order valence-corrected chi connectivity index (χ2v) is 19.3. The van der Waals surface area contributed by atoms with Crippen molar-refractivity contribution in [1.82, 2.24) is 19.9 Å². The maximum Gasteiger partial charge on any atom is 1.00 e. The molecule has 0 atom stereocenters. The Bertz CT molecular complexity index is 3360. The molecule has 0 aliphatic carbocycles. The van der Waals surface area contributed by atoms with Crippen molar-refractivity contribution in [3.05, 3.63) is 275 Å². The molecule has 388 valence electrons. The molecule has 0 N–H and O–H groups in total. The maximum atomic E-state index is 10.4. The Hall–Kier alpha value is -7.30. The van der Waals surface area contributed by atoms with Gasteiger partial charge >= 0.3 is 44.8 Å². The van der Waals surface area contributed by atoms with E-state index in [4.69, 9.17) is 0 Å². The number of fused-ring (bicyclic) bond motifs is 2. The van der Waals surface area contributed by atoms with Crippen LogP contribution in [0.4, 0.5) is 0 Å². The molecule has 10 rings (SSSR count). The van der Waals surface area contributed by atoms with E-state index < -0.39 is 20.2 Å². The Morgan fingerprint density at radius 2 is 0.539 bits per heavy atom. The van der Waals surface area contributed by atoms with Gasteiger partial charge in [-0.2, -0.15) is 0 Å². The maximum absolute atomic E-state index is 10.4. The molecule has 14 heteroatoms. The Morgan fingerprint density at radius 3 is 0.750 bits per heavy atom. The van der Waals surface area contributed by atoms with Gasteiger partial charge in [-0.05, 0) is 153 Å². The van der Waals surface area contributed by atoms with Crippen LogP contribution in [0.15, 0.2) is 229 Å². The predicted octanol–water partition coefficient (Wildman–Crippen LogP) is 13.7. The Kier molecular flexibility index (Phi) is 23.3. The standard InChI is InChI=1S/2C24H18N2.2C7H8O3S.2Ag/c2*1-3-21-4-2-6-23(10-8-20-13-17-26-18-14-20)24(21)22(5-1)9-7-19-11-15-25-16-12-19;2*1-6-2-4-7(5-3-6)11(8,9)10;;/h2*1-18H;2*2-5H,1H3,(H,8,9,10);;/q;;;;2*+1/p-2/b2*9-7+,10-8+;;;;. The van der Waals surface area contributed by atoms with Crippen molar-refractivity contribution in [2.45, 2.75) is 23.6 Å². The van der Waals surface area contributed by atoms with Gasteiger partial charge in [-0.3, -0.25) is 19.9 Å². The third kappa shape index (κ3) is 18.5. The summed E-state index contributed by atoms with van der Waals surface area (Å²) in [7, 11) is -8.54. The smallest absolute Gasteiger partial charge is 0.744 e. The SMILES string of the molecule is C(=C\c1cccc2cccc(/C=C/c3ccncc3)c12)/c1ccncc1.C(=C\c1cccc2cccc(/C=C/c3ccncc3)c12)/c1ccncc1.Cc1ccc(S(=O)(=O)[O-])cc1.Cc1ccc(S(=O)(=O)[O-])cc1.[Ag+].[Ag+]. The minimum absolute atomic E-state index is 0. The summed E-state index contributed by atoms with van der Waals surface area (Å²) in [5.74, 6) is 0. The predicted molar refractivity (Wildman–Crippen MR) is 299 cm³/mol. The molecule has 76 heavy (non-hydrogen) atoms. The second kappa shape index (κ2) is 29.7. The van der Waals surface area contributed by atoms with Crippen LogP contribution in [0.5, 0.6) is 0 Å². The zero-order valence-electron chi connectivity index (χ0n) is 41.1. The van der Waals surface area contributed by atoms with Gasteiger partial charge in [0, 0.05) is 49.6 Å². The fourth-order valence-electron chi connectivity index (χ4n) is 7.41. The van der Waals surface area contributed by atoms with Gasteiger partial charge in [0.1, 0.15) is 20.2 Å². The van der Waals surface area contributed by atoms with Crippen LogP contribution < -0.4 is 0 Å². The first-order valence-electron chi connectivity index (χ1n) is 23.2. The second-order valence-electron chi connectivity index (χ2n) is 16.6. The quantitative estimate of drug-likeness (QED) is 0.0950. The summed E-state index contributed by atoms with van der Waals surface area (Å²) in [5.41, 5.74) is 11.2.